The zero-order valence-electron chi connectivity index (χ0n) is 11.7. The van der Waals surface area contributed by atoms with Crippen molar-refractivity contribution in [1.82, 2.24) is 9.62 Å². The van der Waals surface area contributed by atoms with Gasteiger partial charge in [-0.3, -0.25) is 4.79 Å². The molecule has 0 bridgehead atoms. The zero-order valence-corrected chi connectivity index (χ0v) is 12.5. The predicted molar refractivity (Wildman–Crippen MR) is 73.3 cm³/mol. The molecule has 7 heteroatoms. The molecule has 0 saturated carbocycles. The van der Waals surface area contributed by atoms with E-state index in [2.05, 4.69) is 4.72 Å². The predicted octanol–water partition coefficient (Wildman–Crippen LogP) is 0.343. The lowest BCUT2D eigenvalue weighted by atomic mass is 10.1. The van der Waals surface area contributed by atoms with Crippen molar-refractivity contribution in [3.8, 4) is 0 Å². The number of amides is 1. The molecule has 0 aromatic rings. The molecule has 1 amide bonds. The van der Waals surface area contributed by atoms with Crippen molar-refractivity contribution in [1.29, 1.82) is 0 Å². The van der Waals surface area contributed by atoms with Gasteiger partial charge in [-0.1, -0.05) is 0 Å². The van der Waals surface area contributed by atoms with E-state index in [1.54, 1.807) is 11.9 Å². The molecule has 1 rings (SSSR count). The largest absolute Gasteiger partial charge is 0.378 e. The van der Waals surface area contributed by atoms with Crippen LogP contribution in [0.15, 0.2) is 0 Å². The third kappa shape index (κ3) is 7.49. The molecular weight excluding hydrogens is 268 g/mol. The maximum absolute atomic E-state index is 11.8. The van der Waals surface area contributed by atoms with Crippen molar-refractivity contribution in [3.05, 3.63) is 0 Å². The fourth-order valence-electron chi connectivity index (χ4n) is 2.03. The lowest BCUT2D eigenvalue weighted by Crippen LogP contribution is -2.34. The summed E-state index contributed by atoms with van der Waals surface area (Å²) in [6, 6.07) is 0. The number of hydrogen-bond donors (Lipinski definition) is 1. The Morgan fingerprint density at radius 1 is 1.42 bits per heavy atom. The van der Waals surface area contributed by atoms with Gasteiger partial charge in [-0.25, -0.2) is 13.1 Å². The molecule has 0 spiro atoms. The number of sulfonamides is 1. The molecule has 0 radical (unpaired) electrons. The van der Waals surface area contributed by atoms with E-state index in [4.69, 9.17) is 4.74 Å². The highest BCUT2D eigenvalue weighted by Crippen LogP contribution is 2.15. The van der Waals surface area contributed by atoms with E-state index in [1.165, 1.54) is 6.42 Å². The first kappa shape index (κ1) is 16.4. The molecule has 0 aliphatic carbocycles. The van der Waals surface area contributed by atoms with E-state index in [1.807, 2.05) is 0 Å². The molecule has 1 saturated heterocycles. The van der Waals surface area contributed by atoms with Gasteiger partial charge in [0.05, 0.1) is 12.4 Å². The molecule has 0 aromatic carbocycles. The van der Waals surface area contributed by atoms with Crippen LogP contribution in [-0.4, -0.2) is 58.3 Å². The fraction of sp³-hybridized carbons (Fsp3) is 0.917. The van der Waals surface area contributed by atoms with E-state index in [9.17, 15) is 13.2 Å². The summed E-state index contributed by atoms with van der Waals surface area (Å²) >= 11 is 0. The molecule has 0 aromatic heterocycles. The van der Waals surface area contributed by atoms with Crippen molar-refractivity contribution >= 4 is 15.9 Å². The van der Waals surface area contributed by atoms with Crippen LogP contribution in [0.4, 0.5) is 0 Å². The summed E-state index contributed by atoms with van der Waals surface area (Å²) in [5, 5.41) is 0. The topological polar surface area (TPSA) is 75.7 Å². The normalized spacial score (nSPS) is 20.2. The minimum Gasteiger partial charge on any atom is -0.378 e. The minimum absolute atomic E-state index is 0.0491. The Bertz CT molecular complexity index is 377. The van der Waals surface area contributed by atoms with Gasteiger partial charge in [0, 0.05) is 33.2 Å². The highest BCUT2D eigenvalue weighted by atomic mass is 32.2. The molecule has 1 N–H and O–H groups in total. The van der Waals surface area contributed by atoms with E-state index >= 15 is 0 Å². The number of nitrogens with one attached hydrogen (secondary N) is 1. The number of nitrogens with zero attached hydrogens (tertiary/aromatic N) is 1. The van der Waals surface area contributed by atoms with Gasteiger partial charge in [-0.15, -0.1) is 0 Å². The Morgan fingerprint density at radius 2 is 2.16 bits per heavy atom. The van der Waals surface area contributed by atoms with Crippen molar-refractivity contribution in [3.63, 3.8) is 0 Å². The van der Waals surface area contributed by atoms with Crippen LogP contribution in [0, 0.1) is 0 Å². The molecule has 19 heavy (non-hydrogen) atoms. The van der Waals surface area contributed by atoms with Crippen molar-refractivity contribution < 1.29 is 17.9 Å². The summed E-state index contributed by atoms with van der Waals surface area (Å²) in [5.41, 5.74) is 0. The summed E-state index contributed by atoms with van der Waals surface area (Å²) in [4.78, 5) is 13.4. The summed E-state index contributed by atoms with van der Waals surface area (Å²) < 4.78 is 29.6. The van der Waals surface area contributed by atoms with Gasteiger partial charge in [0.15, 0.2) is 0 Å². The maximum Gasteiger partial charge on any atom is 0.223 e. The second-order valence-corrected chi connectivity index (χ2v) is 6.84. The van der Waals surface area contributed by atoms with E-state index in [0.717, 1.165) is 32.1 Å². The Balaban J connectivity index is 2.17. The smallest absolute Gasteiger partial charge is 0.223 e. The Labute approximate surface area is 115 Å². The van der Waals surface area contributed by atoms with Gasteiger partial charge >= 0.3 is 0 Å². The number of hydrogen-bond acceptors (Lipinski definition) is 4. The monoisotopic (exact) mass is 292 g/mol. The highest BCUT2D eigenvalue weighted by Gasteiger charge is 2.16. The highest BCUT2D eigenvalue weighted by molar-refractivity contribution is 7.88. The average Bonchev–Trinajstić information content (AvgIpc) is 2.35. The standard InChI is InChI=1S/C12H24N2O4S/c1-14(9-7-11-5-3-4-10-18-11)12(15)6-8-13-19(2,16)17/h11,13H,3-10H2,1-2H3. The molecule has 1 atom stereocenters. The average molecular weight is 292 g/mol. The maximum atomic E-state index is 11.8. The SMILES string of the molecule is CN(CCC1CCCCO1)C(=O)CCNS(C)(=O)=O. The summed E-state index contributed by atoms with van der Waals surface area (Å²) in [6.07, 6.45) is 5.78. The Morgan fingerprint density at radius 3 is 2.74 bits per heavy atom. The quantitative estimate of drug-likeness (QED) is 0.734. The molecule has 1 aliphatic rings. The van der Waals surface area contributed by atoms with Crippen LogP contribution < -0.4 is 4.72 Å². The van der Waals surface area contributed by atoms with Gasteiger partial charge < -0.3 is 9.64 Å². The Hall–Kier alpha value is -0.660. The summed E-state index contributed by atoms with van der Waals surface area (Å²) in [7, 11) is -1.47. The number of ether oxygens (including phenoxy) is 1. The van der Waals surface area contributed by atoms with Crippen molar-refractivity contribution in [2.45, 2.75) is 38.2 Å². The molecule has 112 valence electrons. The lowest BCUT2D eigenvalue weighted by Gasteiger charge is -2.25. The first-order chi connectivity index (χ1) is 8.88. The third-order valence-electron chi connectivity index (χ3n) is 3.19. The first-order valence-electron chi connectivity index (χ1n) is 6.68. The second kappa shape index (κ2) is 7.81. The van der Waals surface area contributed by atoms with Gasteiger partial charge in [-0.05, 0) is 25.7 Å². The summed E-state index contributed by atoms with van der Waals surface area (Å²) in [6.45, 7) is 1.63. The van der Waals surface area contributed by atoms with E-state index in [0.29, 0.717) is 6.54 Å². The Kier molecular flexibility index (Phi) is 6.74. The van der Waals surface area contributed by atoms with E-state index < -0.39 is 10.0 Å². The van der Waals surface area contributed by atoms with Crippen LogP contribution >= 0.6 is 0 Å². The fourth-order valence-corrected chi connectivity index (χ4v) is 2.50. The van der Waals surface area contributed by atoms with Crippen LogP contribution in [0.5, 0.6) is 0 Å². The number of rotatable bonds is 7. The molecule has 1 aliphatic heterocycles. The minimum atomic E-state index is -3.22. The molecular formula is C12H24N2O4S. The molecule has 6 nitrogen and oxygen atoms in total. The van der Waals surface area contributed by atoms with Gasteiger partial charge in [0.1, 0.15) is 0 Å². The third-order valence-corrected chi connectivity index (χ3v) is 3.92. The first-order valence-corrected chi connectivity index (χ1v) is 8.58. The molecule has 1 unspecified atom stereocenters. The van der Waals surface area contributed by atoms with Gasteiger partial charge in [0.25, 0.3) is 0 Å². The van der Waals surface area contributed by atoms with Crippen molar-refractivity contribution in [2.24, 2.45) is 0 Å². The van der Waals surface area contributed by atoms with Gasteiger partial charge in [0.2, 0.25) is 15.9 Å². The second-order valence-electron chi connectivity index (χ2n) is 5.01. The van der Waals surface area contributed by atoms with Gasteiger partial charge in [-0.2, -0.15) is 0 Å². The van der Waals surface area contributed by atoms with Crippen LogP contribution in [0.3, 0.4) is 0 Å². The van der Waals surface area contributed by atoms with Crippen LogP contribution in [0.2, 0.25) is 0 Å². The summed E-state index contributed by atoms with van der Waals surface area (Å²) in [5.74, 6) is -0.0491. The molecule has 1 heterocycles. The lowest BCUT2D eigenvalue weighted by molar-refractivity contribution is -0.130. The van der Waals surface area contributed by atoms with Crippen LogP contribution in [0.25, 0.3) is 0 Å². The molecule has 1 fully saturated rings. The van der Waals surface area contributed by atoms with E-state index in [-0.39, 0.29) is 25.0 Å². The number of carbonyl (C=O) groups excluding carboxylic acids is 1. The number of carbonyl (C=O) groups is 1. The van der Waals surface area contributed by atoms with Crippen LogP contribution in [0.1, 0.15) is 32.1 Å². The van der Waals surface area contributed by atoms with Crippen molar-refractivity contribution in [2.75, 3.05) is 33.0 Å². The zero-order chi connectivity index (χ0) is 14.3. The van der Waals surface area contributed by atoms with Crippen LogP contribution in [-0.2, 0) is 19.6 Å².